The molecule has 0 saturated carbocycles. The Balaban J connectivity index is 2.18. The van der Waals surface area contributed by atoms with Gasteiger partial charge in [-0.1, -0.05) is 6.92 Å². The number of aryl methyl sites for hydroxylation is 1. The van der Waals surface area contributed by atoms with E-state index in [1.54, 1.807) is 6.20 Å². The first-order valence-corrected chi connectivity index (χ1v) is 7.65. The van der Waals surface area contributed by atoms with Crippen LogP contribution >= 0.6 is 0 Å². The maximum atomic E-state index is 12.8. The summed E-state index contributed by atoms with van der Waals surface area (Å²) in [5, 5.41) is 4.34. The molecule has 2 unspecified atom stereocenters. The van der Waals surface area contributed by atoms with Crippen LogP contribution in [0.2, 0.25) is 0 Å². The smallest absolute Gasteiger partial charge is 0.257 e. The number of hydrogen-bond acceptors (Lipinski definition) is 3. The average Bonchev–Trinajstić information content (AvgIpc) is 2.99. The molecule has 2 atom stereocenters. The van der Waals surface area contributed by atoms with E-state index in [4.69, 9.17) is 5.73 Å². The fraction of sp³-hybridized carbons (Fsp3) is 0.733. The first-order chi connectivity index (χ1) is 9.60. The molecule has 2 heterocycles. The molecular weight excluding hydrogens is 252 g/mol. The Kier molecular flexibility index (Phi) is 4.81. The molecule has 1 aromatic heterocycles. The summed E-state index contributed by atoms with van der Waals surface area (Å²) in [7, 11) is 0. The van der Waals surface area contributed by atoms with Crippen molar-refractivity contribution in [3.8, 4) is 0 Å². The summed E-state index contributed by atoms with van der Waals surface area (Å²) in [5.41, 5.74) is 7.23. The minimum absolute atomic E-state index is 0.137. The van der Waals surface area contributed by atoms with Gasteiger partial charge in [-0.15, -0.1) is 0 Å². The molecule has 1 aliphatic rings. The molecule has 0 spiro atoms. The number of hydrogen-bond donors (Lipinski definition) is 1. The summed E-state index contributed by atoms with van der Waals surface area (Å²) in [6, 6.07) is 0.712. The zero-order chi connectivity index (χ0) is 14.7. The quantitative estimate of drug-likeness (QED) is 0.895. The zero-order valence-corrected chi connectivity index (χ0v) is 12.8. The van der Waals surface area contributed by atoms with Gasteiger partial charge in [0.05, 0.1) is 11.8 Å². The Morgan fingerprint density at radius 3 is 2.90 bits per heavy atom. The number of nitrogens with two attached hydrogens (primary N) is 1. The summed E-state index contributed by atoms with van der Waals surface area (Å²) in [4.78, 5) is 14.8. The van der Waals surface area contributed by atoms with E-state index >= 15 is 0 Å². The first-order valence-electron chi connectivity index (χ1n) is 7.65. The van der Waals surface area contributed by atoms with Crippen LogP contribution < -0.4 is 5.73 Å². The Labute approximate surface area is 121 Å². The second kappa shape index (κ2) is 6.39. The van der Waals surface area contributed by atoms with E-state index in [1.165, 1.54) is 0 Å². The van der Waals surface area contributed by atoms with E-state index in [-0.39, 0.29) is 5.91 Å². The van der Waals surface area contributed by atoms with Crippen LogP contribution in [0, 0.1) is 6.92 Å². The molecule has 1 aliphatic heterocycles. The molecule has 5 nitrogen and oxygen atoms in total. The van der Waals surface area contributed by atoms with Gasteiger partial charge in [0.15, 0.2) is 0 Å². The summed E-state index contributed by atoms with van der Waals surface area (Å²) in [5.74, 6) is 0.137. The normalized spacial score (nSPS) is 22.5. The molecule has 1 saturated heterocycles. The van der Waals surface area contributed by atoms with Gasteiger partial charge >= 0.3 is 0 Å². The lowest BCUT2D eigenvalue weighted by Gasteiger charge is -2.27. The van der Waals surface area contributed by atoms with Gasteiger partial charge in [-0.2, -0.15) is 5.10 Å². The molecule has 20 heavy (non-hydrogen) atoms. The summed E-state index contributed by atoms with van der Waals surface area (Å²) >= 11 is 0. The number of amides is 1. The number of carbonyl (C=O) groups excluding carboxylic acids is 1. The monoisotopic (exact) mass is 278 g/mol. The fourth-order valence-corrected chi connectivity index (χ4v) is 3.10. The van der Waals surface area contributed by atoms with Crippen molar-refractivity contribution in [3.05, 3.63) is 17.5 Å². The van der Waals surface area contributed by atoms with Crippen LogP contribution in [-0.2, 0) is 6.54 Å². The van der Waals surface area contributed by atoms with Gasteiger partial charge < -0.3 is 10.6 Å². The summed E-state index contributed by atoms with van der Waals surface area (Å²) in [6.45, 7) is 7.69. The van der Waals surface area contributed by atoms with E-state index in [0.717, 1.165) is 43.5 Å². The third-order valence-corrected chi connectivity index (χ3v) is 4.40. The number of nitrogens with zero attached hydrogens (tertiary/aromatic N) is 3. The minimum Gasteiger partial charge on any atom is -0.333 e. The van der Waals surface area contributed by atoms with Crippen LogP contribution in [0.1, 0.15) is 55.6 Å². The van der Waals surface area contributed by atoms with Crippen molar-refractivity contribution in [2.45, 2.75) is 65.1 Å². The van der Waals surface area contributed by atoms with Crippen LogP contribution in [0.3, 0.4) is 0 Å². The van der Waals surface area contributed by atoms with Crippen molar-refractivity contribution in [1.82, 2.24) is 14.7 Å². The predicted octanol–water partition coefficient (Wildman–Crippen LogP) is 1.94. The minimum atomic E-state index is 0.137. The Bertz CT molecular complexity index is 468. The molecule has 0 bridgehead atoms. The van der Waals surface area contributed by atoms with Gasteiger partial charge in [0.25, 0.3) is 5.91 Å². The van der Waals surface area contributed by atoms with Crippen molar-refractivity contribution in [2.75, 3.05) is 6.54 Å². The number of carbonyl (C=O) groups is 1. The SMILES string of the molecule is CCC1CCC(C)N1C(=O)c1cnn(CCCN)c1C. The van der Waals surface area contributed by atoms with Crippen LogP contribution in [0.15, 0.2) is 6.20 Å². The molecule has 0 radical (unpaired) electrons. The molecule has 1 aromatic rings. The second-order valence-corrected chi connectivity index (χ2v) is 5.71. The van der Waals surface area contributed by atoms with Crippen molar-refractivity contribution >= 4 is 5.91 Å². The van der Waals surface area contributed by atoms with Crippen molar-refractivity contribution in [1.29, 1.82) is 0 Å². The Morgan fingerprint density at radius 2 is 2.25 bits per heavy atom. The fourth-order valence-electron chi connectivity index (χ4n) is 3.10. The highest BCUT2D eigenvalue weighted by atomic mass is 16.2. The molecular formula is C15H26N4O. The zero-order valence-electron chi connectivity index (χ0n) is 12.8. The van der Waals surface area contributed by atoms with E-state index in [0.29, 0.717) is 18.6 Å². The maximum Gasteiger partial charge on any atom is 0.257 e. The highest BCUT2D eigenvalue weighted by Gasteiger charge is 2.34. The molecule has 0 aliphatic carbocycles. The summed E-state index contributed by atoms with van der Waals surface area (Å²) < 4.78 is 1.89. The lowest BCUT2D eigenvalue weighted by atomic mass is 10.1. The van der Waals surface area contributed by atoms with Crippen molar-refractivity contribution in [3.63, 3.8) is 0 Å². The van der Waals surface area contributed by atoms with E-state index < -0.39 is 0 Å². The van der Waals surface area contributed by atoms with E-state index in [2.05, 4.69) is 23.8 Å². The van der Waals surface area contributed by atoms with Gasteiger partial charge in [0, 0.05) is 24.3 Å². The first kappa shape index (κ1) is 15.0. The molecule has 1 amide bonds. The largest absolute Gasteiger partial charge is 0.333 e. The van der Waals surface area contributed by atoms with Gasteiger partial charge in [-0.3, -0.25) is 9.48 Å². The number of likely N-dealkylation sites (tertiary alicyclic amines) is 1. The Morgan fingerprint density at radius 1 is 1.50 bits per heavy atom. The third kappa shape index (κ3) is 2.73. The number of rotatable bonds is 5. The second-order valence-electron chi connectivity index (χ2n) is 5.71. The topological polar surface area (TPSA) is 64.2 Å². The average molecular weight is 278 g/mol. The molecule has 2 rings (SSSR count). The highest BCUT2D eigenvalue weighted by Crippen LogP contribution is 2.28. The van der Waals surface area contributed by atoms with Crippen molar-refractivity contribution < 1.29 is 4.79 Å². The van der Waals surface area contributed by atoms with Gasteiger partial charge in [0.2, 0.25) is 0 Å². The lowest BCUT2D eigenvalue weighted by Crippen LogP contribution is -2.39. The van der Waals surface area contributed by atoms with E-state index in [9.17, 15) is 4.79 Å². The molecule has 112 valence electrons. The van der Waals surface area contributed by atoms with Gasteiger partial charge in [0.1, 0.15) is 0 Å². The van der Waals surface area contributed by atoms with Crippen molar-refractivity contribution in [2.24, 2.45) is 5.73 Å². The lowest BCUT2D eigenvalue weighted by molar-refractivity contribution is 0.0675. The van der Waals surface area contributed by atoms with Crippen LogP contribution in [0.25, 0.3) is 0 Å². The van der Waals surface area contributed by atoms with Gasteiger partial charge in [-0.25, -0.2) is 0 Å². The number of aromatic nitrogens is 2. The van der Waals surface area contributed by atoms with Gasteiger partial charge in [-0.05, 0) is 46.1 Å². The van der Waals surface area contributed by atoms with Crippen LogP contribution in [0.4, 0.5) is 0 Å². The standard InChI is InChI=1S/C15H26N4O/c1-4-13-7-6-11(2)19(13)15(20)14-10-17-18(12(14)3)9-5-8-16/h10-11,13H,4-9,16H2,1-3H3. The predicted molar refractivity (Wildman–Crippen MR) is 79.6 cm³/mol. The highest BCUT2D eigenvalue weighted by molar-refractivity contribution is 5.95. The third-order valence-electron chi connectivity index (χ3n) is 4.40. The maximum absolute atomic E-state index is 12.8. The van der Waals surface area contributed by atoms with Crippen LogP contribution in [0.5, 0.6) is 0 Å². The molecule has 0 aromatic carbocycles. The molecule has 2 N–H and O–H groups in total. The Hall–Kier alpha value is -1.36. The van der Waals surface area contributed by atoms with E-state index in [1.807, 2.05) is 11.6 Å². The summed E-state index contributed by atoms with van der Waals surface area (Å²) in [6.07, 6.45) is 5.84. The molecule has 1 fully saturated rings. The van der Waals surface area contributed by atoms with Crippen LogP contribution in [-0.4, -0.2) is 39.2 Å². The molecule has 5 heteroatoms.